The van der Waals surface area contributed by atoms with E-state index < -0.39 is 48.3 Å². The van der Waals surface area contributed by atoms with Crippen LogP contribution in [0.1, 0.15) is 64.7 Å². The highest BCUT2D eigenvalue weighted by atomic mass is 16.5. The van der Waals surface area contributed by atoms with E-state index in [0.29, 0.717) is 6.42 Å². The maximum absolute atomic E-state index is 12.1. The van der Waals surface area contributed by atoms with Crippen molar-refractivity contribution in [1.29, 1.82) is 0 Å². The number of allylic oxidation sites excluding steroid dienone is 5. The molecule has 11 heteroatoms. The zero-order valence-electron chi connectivity index (χ0n) is 21.9. The molecule has 0 saturated heterocycles. The second-order valence-electron chi connectivity index (χ2n) is 8.79. The number of hydrogen-bond donors (Lipinski definition) is 6. The number of ether oxygens (including phenoxy) is 1. The van der Waals surface area contributed by atoms with E-state index >= 15 is 0 Å². The van der Waals surface area contributed by atoms with Gasteiger partial charge < -0.3 is 37.1 Å². The Morgan fingerprint density at radius 1 is 1.00 bits per heavy atom. The summed E-state index contributed by atoms with van der Waals surface area (Å²) in [6, 6.07) is -2.02. The Labute approximate surface area is 219 Å². The summed E-state index contributed by atoms with van der Waals surface area (Å²) < 4.78 is 5.38. The molecule has 0 heterocycles. The van der Waals surface area contributed by atoms with Crippen molar-refractivity contribution in [1.82, 2.24) is 10.6 Å². The fourth-order valence-corrected chi connectivity index (χ4v) is 3.35. The van der Waals surface area contributed by atoms with Crippen molar-refractivity contribution in [3.05, 3.63) is 36.5 Å². The molecule has 0 unspecified atom stereocenters. The fourth-order valence-electron chi connectivity index (χ4n) is 3.35. The lowest BCUT2D eigenvalue weighted by molar-refractivity contribution is -0.143. The highest BCUT2D eigenvalue weighted by Crippen LogP contribution is 2.10. The normalized spacial score (nSPS) is 15.0. The van der Waals surface area contributed by atoms with Gasteiger partial charge in [0.15, 0.2) is 0 Å². The zero-order chi connectivity index (χ0) is 28.1. The van der Waals surface area contributed by atoms with Crippen molar-refractivity contribution in [3.63, 3.8) is 0 Å². The van der Waals surface area contributed by atoms with Crippen molar-refractivity contribution in [2.75, 3.05) is 13.7 Å². The van der Waals surface area contributed by atoms with Crippen LogP contribution in [0.5, 0.6) is 0 Å². The van der Waals surface area contributed by atoms with Crippen LogP contribution in [0.25, 0.3) is 0 Å². The van der Waals surface area contributed by atoms with Gasteiger partial charge in [-0.1, -0.05) is 56.2 Å². The van der Waals surface area contributed by atoms with E-state index in [-0.39, 0.29) is 31.9 Å². The second-order valence-corrected chi connectivity index (χ2v) is 8.79. The summed E-state index contributed by atoms with van der Waals surface area (Å²) >= 11 is 0. The molecule has 0 aliphatic heterocycles. The molecule has 4 atom stereocenters. The molecular weight excluding hydrogens is 480 g/mol. The van der Waals surface area contributed by atoms with Crippen LogP contribution in [0.15, 0.2) is 36.5 Å². The van der Waals surface area contributed by atoms with Crippen molar-refractivity contribution in [2.45, 2.75) is 89.0 Å². The topological polar surface area (TPSA) is 194 Å². The number of nitrogens with one attached hydrogen (secondary N) is 2. The first-order valence-electron chi connectivity index (χ1n) is 12.6. The van der Waals surface area contributed by atoms with Gasteiger partial charge in [-0.15, -0.1) is 0 Å². The number of aliphatic hydroxyl groups excluding tert-OH is 1. The molecule has 0 aliphatic carbocycles. The fraction of sp³-hybridized carbons (Fsp3) is 0.615. The molecule has 11 nitrogen and oxygen atoms in total. The first-order valence-corrected chi connectivity index (χ1v) is 12.6. The van der Waals surface area contributed by atoms with E-state index in [2.05, 4.69) is 23.6 Å². The third-order valence-corrected chi connectivity index (χ3v) is 5.31. The van der Waals surface area contributed by atoms with E-state index in [9.17, 15) is 24.3 Å². The molecule has 0 aromatic heterocycles. The third kappa shape index (κ3) is 19.8. The van der Waals surface area contributed by atoms with Crippen LogP contribution in [0, 0.1) is 0 Å². The van der Waals surface area contributed by atoms with Crippen molar-refractivity contribution >= 4 is 23.7 Å². The Bertz CT molecular complexity index is 783. The smallest absolute Gasteiger partial charge is 0.326 e. The number of aliphatic hydroxyl groups is 1. The monoisotopic (exact) mass is 524 g/mol. The van der Waals surface area contributed by atoms with E-state index in [1.54, 1.807) is 7.11 Å². The largest absolute Gasteiger partial charge is 0.480 e. The van der Waals surface area contributed by atoms with Crippen molar-refractivity contribution in [3.8, 4) is 0 Å². The number of primary amides is 1. The first-order chi connectivity index (χ1) is 17.6. The molecule has 0 aliphatic rings. The van der Waals surface area contributed by atoms with Crippen LogP contribution in [0.2, 0.25) is 0 Å². The molecule has 210 valence electrons. The van der Waals surface area contributed by atoms with E-state index in [4.69, 9.17) is 21.3 Å². The number of carbonyl (C=O) groups is 4. The minimum absolute atomic E-state index is 0.0408. The molecule has 0 radical (unpaired) electrons. The number of carboxylic acid groups (broad SMARTS) is 1. The van der Waals surface area contributed by atoms with Gasteiger partial charge in [-0.3, -0.25) is 14.4 Å². The molecule has 0 aromatic rings. The zero-order valence-corrected chi connectivity index (χ0v) is 21.9. The Morgan fingerprint density at radius 2 is 1.70 bits per heavy atom. The molecule has 0 rings (SSSR count). The van der Waals surface area contributed by atoms with Gasteiger partial charge >= 0.3 is 5.97 Å². The molecule has 0 saturated carbocycles. The number of carbonyl (C=O) groups excluding carboxylic acids is 3. The summed E-state index contributed by atoms with van der Waals surface area (Å²) in [6.07, 6.45) is 15.0. The first kappa shape index (κ1) is 34.0. The van der Waals surface area contributed by atoms with Crippen molar-refractivity contribution in [2.24, 2.45) is 11.5 Å². The standard InChI is InChI=1S/C26H44N4O7/c1-3-4-5-6-7-8-9-10-11-12-21(37-2)17-20(31)15-19(27)16-25(34)29-14-13-24(33)30-22(26(35)36)18-23(28)32/h7-12,19-22,31H,3-6,13-18,27H2,1-2H3,(H2,28,32)(H,29,34)(H,30,33)(H,35,36)/b8-7+,10-9+,12-11+/t19-,20-,21-,22-/m1/s1. The number of rotatable bonds is 21. The molecule has 0 fully saturated rings. The summed E-state index contributed by atoms with van der Waals surface area (Å²) in [4.78, 5) is 45.8. The second kappa shape index (κ2) is 21.1. The lowest BCUT2D eigenvalue weighted by Gasteiger charge is -2.19. The van der Waals surface area contributed by atoms with Crippen LogP contribution < -0.4 is 22.1 Å². The lowest BCUT2D eigenvalue weighted by Crippen LogP contribution is -2.44. The average Bonchev–Trinajstić information content (AvgIpc) is 2.81. The van der Waals surface area contributed by atoms with Gasteiger partial charge in [0.05, 0.1) is 18.6 Å². The van der Waals surface area contributed by atoms with Gasteiger partial charge in [0.2, 0.25) is 17.7 Å². The number of methoxy groups -OCH3 is 1. The minimum Gasteiger partial charge on any atom is -0.480 e. The van der Waals surface area contributed by atoms with Gasteiger partial charge in [0.1, 0.15) is 6.04 Å². The highest BCUT2D eigenvalue weighted by Gasteiger charge is 2.22. The Balaban J connectivity index is 4.29. The number of carboxylic acids is 1. The molecule has 0 spiro atoms. The van der Waals surface area contributed by atoms with Gasteiger partial charge in [-0.2, -0.15) is 0 Å². The molecule has 8 N–H and O–H groups in total. The molecule has 0 aromatic carbocycles. The number of unbranched alkanes of at least 4 members (excludes halogenated alkanes) is 3. The average molecular weight is 525 g/mol. The Kier molecular flexibility index (Phi) is 19.4. The van der Waals surface area contributed by atoms with Crippen molar-refractivity contribution < 1.29 is 34.1 Å². The van der Waals surface area contributed by atoms with Crippen LogP contribution >= 0.6 is 0 Å². The molecule has 37 heavy (non-hydrogen) atoms. The number of amides is 3. The summed E-state index contributed by atoms with van der Waals surface area (Å²) in [5, 5.41) is 24.0. The molecule has 0 bridgehead atoms. The van der Waals surface area contributed by atoms with Crippen LogP contribution in [0.4, 0.5) is 0 Å². The predicted molar refractivity (Wildman–Crippen MR) is 141 cm³/mol. The summed E-state index contributed by atoms with van der Waals surface area (Å²) in [6.45, 7) is 2.13. The van der Waals surface area contributed by atoms with Gasteiger partial charge in [-0.05, 0) is 19.3 Å². The van der Waals surface area contributed by atoms with E-state index in [1.807, 2.05) is 30.4 Å². The van der Waals surface area contributed by atoms with Gasteiger partial charge in [0.25, 0.3) is 0 Å². The molecular formula is C26H44N4O7. The maximum Gasteiger partial charge on any atom is 0.326 e. The lowest BCUT2D eigenvalue weighted by atomic mass is 10.0. The Hall–Kier alpha value is -3.02. The molecule has 3 amide bonds. The van der Waals surface area contributed by atoms with Crippen LogP contribution in [-0.2, 0) is 23.9 Å². The van der Waals surface area contributed by atoms with Gasteiger partial charge in [-0.25, -0.2) is 4.79 Å². The third-order valence-electron chi connectivity index (χ3n) is 5.31. The SMILES string of the molecule is CCCCC/C=C/C=C/C=C/[C@H](C[C@H](O)C[C@@H](N)CC(=O)NCCC(=O)N[C@H](CC(N)=O)C(=O)O)OC. The van der Waals surface area contributed by atoms with E-state index in [1.165, 1.54) is 19.3 Å². The number of nitrogens with two attached hydrogens (primary N) is 2. The van der Waals surface area contributed by atoms with E-state index in [0.717, 1.165) is 6.42 Å². The van der Waals surface area contributed by atoms with Crippen LogP contribution in [0.3, 0.4) is 0 Å². The number of aliphatic carboxylic acids is 1. The predicted octanol–water partition coefficient (Wildman–Crippen LogP) is 1.06. The van der Waals surface area contributed by atoms with Crippen LogP contribution in [-0.4, -0.2) is 71.9 Å². The quantitative estimate of drug-likeness (QED) is 0.0947. The minimum atomic E-state index is -1.42. The highest BCUT2D eigenvalue weighted by molar-refractivity contribution is 5.88. The number of hydrogen-bond acceptors (Lipinski definition) is 7. The van der Waals surface area contributed by atoms with Gasteiger partial charge in [0, 0.05) is 39.0 Å². The summed E-state index contributed by atoms with van der Waals surface area (Å²) in [7, 11) is 1.55. The maximum atomic E-state index is 12.1. The summed E-state index contributed by atoms with van der Waals surface area (Å²) in [5.74, 6) is -3.29. The summed E-state index contributed by atoms with van der Waals surface area (Å²) in [5.41, 5.74) is 10.9. The Morgan fingerprint density at radius 3 is 2.32 bits per heavy atom.